The lowest BCUT2D eigenvalue weighted by molar-refractivity contribution is 0.119. The number of nitrogens with two attached hydrogens (primary N) is 1. The van der Waals surface area contributed by atoms with Crippen molar-refractivity contribution in [3.05, 3.63) is 0 Å². The van der Waals surface area contributed by atoms with Crippen LogP contribution in [0.4, 0.5) is 0 Å². The third kappa shape index (κ3) is 3.97. The minimum absolute atomic E-state index is 0.751. The molecule has 2 atom stereocenters. The monoisotopic (exact) mass is 230 g/mol. The summed E-state index contributed by atoms with van der Waals surface area (Å²) in [6.07, 6.45) is 7.69. The van der Waals surface area contributed by atoms with E-state index in [2.05, 4.69) is 18.1 Å². The molecule has 0 bridgehead atoms. The Bertz CT molecular complexity index is 164. The van der Waals surface area contributed by atoms with E-state index in [1.54, 1.807) is 0 Å². The quantitative estimate of drug-likeness (QED) is 0.758. The average molecular weight is 230 g/mol. The third-order valence-corrected chi connectivity index (χ3v) is 4.22. The highest BCUT2D eigenvalue weighted by atomic mass is 32.2. The van der Waals surface area contributed by atoms with E-state index >= 15 is 0 Å². The van der Waals surface area contributed by atoms with Gasteiger partial charge in [-0.3, -0.25) is 4.90 Å². The van der Waals surface area contributed by atoms with Gasteiger partial charge in [0.1, 0.15) is 0 Å². The molecule has 0 aromatic rings. The van der Waals surface area contributed by atoms with Crippen LogP contribution in [-0.4, -0.2) is 42.6 Å². The van der Waals surface area contributed by atoms with Gasteiger partial charge in [-0.2, -0.15) is 11.8 Å². The molecule has 1 rings (SSSR count). The second-order valence-corrected chi connectivity index (χ2v) is 5.45. The van der Waals surface area contributed by atoms with Crippen molar-refractivity contribution >= 4 is 11.8 Å². The highest BCUT2D eigenvalue weighted by Crippen LogP contribution is 2.27. The molecule has 1 saturated carbocycles. The summed E-state index contributed by atoms with van der Waals surface area (Å²) in [5.74, 6) is 2.00. The third-order valence-electron chi connectivity index (χ3n) is 3.63. The van der Waals surface area contributed by atoms with E-state index in [1.807, 2.05) is 11.8 Å². The Morgan fingerprint density at radius 1 is 1.33 bits per heavy atom. The molecule has 15 heavy (non-hydrogen) atoms. The molecule has 0 radical (unpaired) electrons. The molecule has 90 valence electrons. The van der Waals surface area contributed by atoms with Crippen molar-refractivity contribution < 1.29 is 0 Å². The zero-order valence-corrected chi connectivity index (χ0v) is 11.1. The molecule has 1 fully saturated rings. The van der Waals surface area contributed by atoms with Gasteiger partial charge >= 0.3 is 0 Å². The zero-order valence-electron chi connectivity index (χ0n) is 10.2. The topological polar surface area (TPSA) is 29.3 Å². The van der Waals surface area contributed by atoms with Crippen molar-refractivity contribution in [3.8, 4) is 0 Å². The van der Waals surface area contributed by atoms with Crippen molar-refractivity contribution in [2.75, 3.05) is 31.6 Å². The molecule has 2 unspecified atom stereocenters. The fourth-order valence-electron chi connectivity index (χ4n) is 2.71. The van der Waals surface area contributed by atoms with E-state index < -0.39 is 0 Å². The van der Waals surface area contributed by atoms with E-state index in [1.165, 1.54) is 44.5 Å². The summed E-state index contributed by atoms with van der Waals surface area (Å²) < 4.78 is 0. The van der Waals surface area contributed by atoms with Crippen LogP contribution in [0, 0.1) is 5.92 Å². The van der Waals surface area contributed by atoms with Gasteiger partial charge in [-0.25, -0.2) is 0 Å². The van der Waals surface area contributed by atoms with Gasteiger partial charge in [-0.1, -0.05) is 19.8 Å². The maximum Gasteiger partial charge on any atom is 0.0136 e. The molecule has 0 amide bonds. The summed E-state index contributed by atoms with van der Waals surface area (Å²) in [6.45, 7) is 5.57. The Kier molecular flexibility index (Phi) is 6.69. The van der Waals surface area contributed by atoms with Gasteiger partial charge in [0, 0.05) is 18.3 Å². The van der Waals surface area contributed by atoms with Gasteiger partial charge in [0.2, 0.25) is 0 Å². The van der Waals surface area contributed by atoms with Crippen molar-refractivity contribution in [2.45, 2.75) is 38.6 Å². The Morgan fingerprint density at radius 2 is 2.07 bits per heavy atom. The van der Waals surface area contributed by atoms with E-state index in [4.69, 9.17) is 5.73 Å². The summed E-state index contributed by atoms with van der Waals surface area (Å²) in [6, 6.07) is 0.765. The zero-order chi connectivity index (χ0) is 11.1. The molecule has 0 aliphatic heterocycles. The van der Waals surface area contributed by atoms with Crippen LogP contribution in [0.5, 0.6) is 0 Å². The van der Waals surface area contributed by atoms with Gasteiger partial charge in [-0.05, 0) is 38.1 Å². The van der Waals surface area contributed by atoms with Crippen molar-refractivity contribution in [2.24, 2.45) is 11.7 Å². The largest absolute Gasteiger partial charge is 0.330 e. The lowest BCUT2D eigenvalue weighted by atomic mass is 9.83. The first-order chi connectivity index (χ1) is 7.33. The summed E-state index contributed by atoms with van der Waals surface area (Å²) in [4.78, 5) is 2.65. The minimum atomic E-state index is 0.751. The Balaban J connectivity index is 2.47. The molecule has 2 nitrogen and oxygen atoms in total. The smallest absolute Gasteiger partial charge is 0.0136 e. The lowest BCUT2D eigenvalue weighted by Gasteiger charge is -2.39. The molecule has 0 aromatic heterocycles. The predicted molar refractivity (Wildman–Crippen MR) is 70.4 cm³/mol. The van der Waals surface area contributed by atoms with Crippen LogP contribution in [0.2, 0.25) is 0 Å². The molecule has 2 N–H and O–H groups in total. The first-order valence-electron chi connectivity index (χ1n) is 6.26. The highest BCUT2D eigenvalue weighted by Gasteiger charge is 2.27. The molecule has 0 heterocycles. The van der Waals surface area contributed by atoms with E-state index in [0.717, 1.165) is 18.5 Å². The number of nitrogens with zero attached hydrogens (tertiary/aromatic N) is 1. The van der Waals surface area contributed by atoms with Gasteiger partial charge in [0.25, 0.3) is 0 Å². The van der Waals surface area contributed by atoms with Crippen molar-refractivity contribution in [3.63, 3.8) is 0 Å². The van der Waals surface area contributed by atoms with Crippen molar-refractivity contribution in [1.29, 1.82) is 0 Å². The molecule has 0 aromatic carbocycles. The van der Waals surface area contributed by atoms with Crippen LogP contribution < -0.4 is 5.73 Å². The maximum absolute atomic E-state index is 5.88. The number of thioether (sulfide) groups is 1. The normalized spacial score (nSPS) is 27.2. The van der Waals surface area contributed by atoms with Crippen LogP contribution >= 0.6 is 11.8 Å². The number of rotatable bonds is 6. The fourth-order valence-corrected chi connectivity index (χ4v) is 3.13. The Morgan fingerprint density at radius 3 is 2.67 bits per heavy atom. The van der Waals surface area contributed by atoms with Crippen LogP contribution in [0.1, 0.15) is 32.6 Å². The van der Waals surface area contributed by atoms with Gasteiger partial charge < -0.3 is 5.73 Å². The number of hydrogen-bond acceptors (Lipinski definition) is 3. The van der Waals surface area contributed by atoms with E-state index in [0.29, 0.717) is 0 Å². The average Bonchev–Trinajstić information content (AvgIpc) is 2.30. The SMILES string of the molecule is CCN(CCSC)C1CCCCC1CN. The van der Waals surface area contributed by atoms with Crippen LogP contribution in [0.3, 0.4) is 0 Å². The molecule has 3 heteroatoms. The van der Waals surface area contributed by atoms with Crippen LogP contribution in [0.25, 0.3) is 0 Å². The molecular formula is C12H26N2S. The van der Waals surface area contributed by atoms with Gasteiger partial charge in [-0.15, -0.1) is 0 Å². The Labute approximate surface area is 99.0 Å². The highest BCUT2D eigenvalue weighted by molar-refractivity contribution is 7.98. The molecule has 1 aliphatic rings. The van der Waals surface area contributed by atoms with Gasteiger partial charge in [0.15, 0.2) is 0 Å². The van der Waals surface area contributed by atoms with Crippen LogP contribution in [-0.2, 0) is 0 Å². The molecular weight excluding hydrogens is 204 g/mol. The van der Waals surface area contributed by atoms with E-state index in [9.17, 15) is 0 Å². The minimum Gasteiger partial charge on any atom is -0.330 e. The second-order valence-electron chi connectivity index (χ2n) is 4.47. The maximum atomic E-state index is 5.88. The standard InChI is InChI=1S/C12H26N2S/c1-3-14(8-9-15-2)12-7-5-4-6-11(12)10-13/h11-12H,3-10,13H2,1-2H3. The summed E-state index contributed by atoms with van der Waals surface area (Å²) in [7, 11) is 0. The summed E-state index contributed by atoms with van der Waals surface area (Å²) in [5, 5.41) is 0. The van der Waals surface area contributed by atoms with Crippen molar-refractivity contribution in [1.82, 2.24) is 4.90 Å². The molecule has 0 spiro atoms. The van der Waals surface area contributed by atoms with E-state index in [-0.39, 0.29) is 0 Å². The molecule has 1 aliphatic carbocycles. The lowest BCUT2D eigenvalue weighted by Crippen LogP contribution is -2.45. The Hall–Kier alpha value is 0.270. The molecule has 0 saturated heterocycles. The van der Waals surface area contributed by atoms with Crippen LogP contribution in [0.15, 0.2) is 0 Å². The second kappa shape index (κ2) is 7.53. The summed E-state index contributed by atoms with van der Waals surface area (Å²) in [5.41, 5.74) is 5.88. The first-order valence-corrected chi connectivity index (χ1v) is 7.65. The van der Waals surface area contributed by atoms with Gasteiger partial charge in [0.05, 0.1) is 0 Å². The first kappa shape index (κ1) is 13.3. The summed E-state index contributed by atoms with van der Waals surface area (Å²) >= 11 is 1.95. The predicted octanol–water partition coefficient (Wildman–Crippen LogP) is 2.19. The number of hydrogen-bond donors (Lipinski definition) is 1. The fraction of sp³-hybridized carbons (Fsp3) is 1.00.